The highest BCUT2D eigenvalue weighted by atomic mass is 35.5. The van der Waals surface area contributed by atoms with Crippen LogP contribution >= 0.6 is 23.4 Å². The van der Waals surface area contributed by atoms with E-state index in [9.17, 15) is 4.79 Å². The molecular weight excluding hydrogens is 354 g/mol. The van der Waals surface area contributed by atoms with E-state index in [4.69, 9.17) is 11.6 Å². The fourth-order valence-corrected chi connectivity index (χ4v) is 3.49. The molecule has 4 nitrogen and oxygen atoms in total. The number of hydrogen-bond acceptors (Lipinski definition) is 3. The molecule has 0 radical (unpaired) electrons. The normalized spacial score (nSPS) is 11.7. The molecule has 0 fully saturated rings. The zero-order chi connectivity index (χ0) is 18.0. The van der Waals surface area contributed by atoms with Gasteiger partial charge in [-0.15, -0.1) is 5.10 Å². The van der Waals surface area contributed by atoms with E-state index in [1.54, 1.807) is 4.57 Å². The van der Waals surface area contributed by atoms with Crippen LogP contribution in [0, 0.1) is 0 Å². The highest BCUT2D eigenvalue weighted by Crippen LogP contribution is 2.26. The molecule has 0 amide bonds. The second-order valence-electron chi connectivity index (χ2n) is 6.86. The molecule has 1 N–H and O–H groups in total. The summed E-state index contributed by atoms with van der Waals surface area (Å²) in [5.74, 6) is 0.710. The Morgan fingerprint density at radius 2 is 1.72 bits per heavy atom. The summed E-state index contributed by atoms with van der Waals surface area (Å²) in [4.78, 5) is 12.2. The Balaban J connectivity index is 1.84. The standard InChI is InChI=1S/C19H20ClN3OS/c1-19(2,3)14-6-10-16(11-7-14)23-17(24)21-22-18(23)25-12-13-4-8-15(20)9-5-13/h4-11H,12H2,1-3H3,(H,21,24). The fraction of sp³-hybridized carbons (Fsp3) is 0.263. The highest BCUT2D eigenvalue weighted by molar-refractivity contribution is 7.98. The summed E-state index contributed by atoms with van der Waals surface area (Å²) >= 11 is 7.42. The Morgan fingerprint density at radius 3 is 2.32 bits per heavy atom. The van der Waals surface area contributed by atoms with Crippen LogP contribution in [0.3, 0.4) is 0 Å². The van der Waals surface area contributed by atoms with Gasteiger partial charge in [-0.25, -0.2) is 14.5 Å². The Morgan fingerprint density at radius 1 is 1.08 bits per heavy atom. The van der Waals surface area contributed by atoms with Crippen LogP contribution in [0.2, 0.25) is 5.02 Å². The quantitative estimate of drug-likeness (QED) is 0.668. The summed E-state index contributed by atoms with van der Waals surface area (Å²) in [6.07, 6.45) is 0. The van der Waals surface area contributed by atoms with E-state index in [2.05, 4.69) is 43.1 Å². The van der Waals surface area contributed by atoms with E-state index in [0.717, 1.165) is 11.3 Å². The number of thioether (sulfide) groups is 1. The fourth-order valence-electron chi connectivity index (χ4n) is 2.45. The van der Waals surface area contributed by atoms with Crippen molar-refractivity contribution >= 4 is 23.4 Å². The number of hydrogen-bond donors (Lipinski definition) is 1. The first-order valence-corrected chi connectivity index (χ1v) is 9.36. The molecule has 0 aliphatic carbocycles. The molecule has 6 heteroatoms. The summed E-state index contributed by atoms with van der Waals surface area (Å²) in [6.45, 7) is 6.50. The molecule has 25 heavy (non-hydrogen) atoms. The highest BCUT2D eigenvalue weighted by Gasteiger charge is 2.15. The average molecular weight is 374 g/mol. The smallest absolute Gasteiger partial charge is 0.246 e. The largest absolute Gasteiger partial charge is 0.348 e. The second-order valence-corrected chi connectivity index (χ2v) is 8.24. The van der Waals surface area contributed by atoms with E-state index in [-0.39, 0.29) is 11.1 Å². The van der Waals surface area contributed by atoms with Crippen molar-refractivity contribution in [1.82, 2.24) is 14.8 Å². The molecule has 0 atom stereocenters. The molecule has 0 aliphatic rings. The molecule has 1 heterocycles. The lowest BCUT2D eigenvalue weighted by Crippen LogP contribution is -2.16. The molecule has 130 valence electrons. The minimum absolute atomic E-state index is 0.0754. The van der Waals surface area contributed by atoms with E-state index >= 15 is 0 Å². The minimum Gasteiger partial charge on any atom is -0.246 e. The van der Waals surface area contributed by atoms with Gasteiger partial charge < -0.3 is 0 Å². The number of rotatable bonds is 4. The number of halogens is 1. The Labute approximate surface area is 156 Å². The van der Waals surface area contributed by atoms with Gasteiger partial charge in [0.2, 0.25) is 0 Å². The number of aromatic nitrogens is 3. The maximum Gasteiger partial charge on any atom is 0.348 e. The van der Waals surface area contributed by atoms with Crippen molar-refractivity contribution < 1.29 is 0 Å². The van der Waals surface area contributed by atoms with Gasteiger partial charge in [0.25, 0.3) is 0 Å². The summed E-state index contributed by atoms with van der Waals surface area (Å²) in [5.41, 5.74) is 3.00. The molecule has 0 aliphatic heterocycles. The van der Waals surface area contributed by atoms with E-state index < -0.39 is 0 Å². The van der Waals surface area contributed by atoms with Crippen LogP contribution in [0.1, 0.15) is 31.9 Å². The molecule has 2 aromatic carbocycles. The van der Waals surface area contributed by atoms with Crippen LogP contribution in [-0.2, 0) is 11.2 Å². The molecule has 0 unspecified atom stereocenters. The van der Waals surface area contributed by atoms with Gasteiger partial charge >= 0.3 is 5.69 Å². The van der Waals surface area contributed by atoms with Crippen molar-refractivity contribution in [2.24, 2.45) is 0 Å². The van der Waals surface area contributed by atoms with Crippen LogP contribution in [0.4, 0.5) is 0 Å². The molecule has 0 saturated heterocycles. The van der Waals surface area contributed by atoms with Gasteiger partial charge in [-0.1, -0.05) is 68.4 Å². The van der Waals surface area contributed by atoms with Crippen molar-refractivity contribution in [2.45, 2.75) is 37.1 Å². The van der Waals surface area contributed by atoms with Crippen molar-refractivity contribution in [1.29, 1.82) is 0 Å². The van der Waals surface area contributed by atoms with E-state index in [1.165, 1.54) is 17.3 Å². The predicted molar refractivity (Wildman–Crippen MR) is 104 cm³/mol. The first-order chi connectivity index (χ1) is 11.8. The first-order valence-electron chi connectivity index (χ1n) is 8.00. The van der Waals surface area contributed by atoms with Gasteiger partial charge in [0.15, 0.2) is 5.16 Å². The van der Waals surface area contributed by atoms with E-state index in [0.29, 0.717) is 15.9 Å². The number of H-pyrrole nitrogens is 1. The summed E-state index contributed by atoms with van der Waals surface area (Å²) in [5, 5.41) is 8.05. The maximum atomic E-state index is 12.2. The van der Waals surface area contributed by atoms with E-state index in [1.807, 2.05) is 36.4 Å². The molecule has 0 saturated carbocycles. The molecule has 0 bridgehead atoms. The Bertz CT molecular complexity index is 906. The molecular formula is C19H20ClN3OS. The third-order valence-corrected chi connectivity index (χ3v) is 5.18. The molecule has 3 rings (SSSR count). The Hall–Kier alpha value is -1.98. The first kappa shape index (κ1) is 17.8. The monoisotopic (exact) mass is 373 g/mol. The zero-order valence-electron chi connectivity index (χ0n) is 14.4. The molecule has 0 spiro atoms. The van der Waals surface area contributed by atoms with Crippen molar-refractivity contribution in [2.75, 3.05) is 0 Å². The topological polar surface area (TPSA) is 50.7 Å². The van der Waals surface area contributed by atoms with Crippen molar-refractivity contribution in [3.8, 4) is 5.69 Å². The van der Waals surface area contributed by atoms with Crippen LogP contribution in [0.15, 0.2) is 58.5 Å². The second kappa shape index (κ2) is 7.10. The number of benzene rings is 2. The van der Waals surface area contributed by atoms with Crippen molar-refractivity contribution in [3.05, 3.63) is 75.2 Å². The molecule has 3 aromatic rings. The summed E-state index contributed by atoms with van der Waals surface area (Å²) < 4.78 is 1.60. The van der Waals surface area contributed by atoms with Gasteiger partial charge in [-0.05, 0) is 40.8 Å². The van der Waals surface area contributed by atoms with Gasteiger partial charge in [0.05, 0.1) is 5.69 Å². The van der Waals surface area contributed by atoms with Gasteiger partial charge in [-0.3, -0.25) is 0 Å². The lowest BCUT2D eigenvalue weighted by molar-refractivity contribution is 0.590. The summed E-state index contributed by atoms with van der Waals surface area (Å²) in [6, 6.07) is 15.7. The van der Waals surface area contributed by atoms with Crippen LogP contribution < -0.4 is 5.69 Å². The van der Waals surface area contributed by atoms with Crippen LogP contribution in [0.25, 0.3) is 5.69 Å². The third-order valence-electron chi connectivity index (χ3n) is 3.91. The van der Waals surface area contributed by atoms with Crippen molar-refractivity contribution in [3.63, 3.8) is 0 Å². The SMILES string of the molecule is CC(C)(C)c1ccc(-n2c(SCc3ccc(Cl)cc3)n[nH]c2=O)cc1. The maximum absolute atomic E-state index is 12.2. The number of aromatic amines is 1. The Kier molecular flexibility index (Phi) is 5.06. The number of nitrogens with one attached hydrogen (secondary N) is 1. The average Bonchev–Trinajstić information content (AvgIpc) is 2.94. The summed E-state index contributed by atoms with van der Waals surface area (Å²) in [7, 11) is 0. The number of nitrogens with zero attached hydrogens (tertiary/aromatic N) is 2. The van der Waals surface area contributed by atoms with Gasteiger partial charge in [0.1, 0.15) is 0 Å². The lowest BCUT2D eigenvalue weighted by atomic mass is 9.87. The van der Waals surface area contributed by atoms with Crippen LogP contribution in [-0.4, -0.2) is 14.8 Å². The molecule has 1 aromatic heterocycles. The third kappa shape index (κ3) is 4.17. The minimum atomic E-state index is -0.234. The predicted octanol–water partition coefficient (Wildman–Crippen LogP) is 4.80. The van der Waals surface area contributed by atoms with Gasteiger partial charge in [0, 0.05) is 10.8 Å². The van der Waals surface area contributed by atoms with Crippen LogP contribution in [0.5, 0.6) is 0 Å². The lowest BCUT2D eigenvalue weighted by Gasteiger charge is -2.19. The van der Waals surface area contributed by atoms with Gasteiger partial charge in [-0.2, -0.15) is 0 Å². The zero-order valence-corrected chi connectivity index (χ0v) is 16.0.